The molecule has 0 amide bonds. The minimum Gasteiger partial charge on any atom is -1.00 e. The predicted octanol–water partition coefficient (Wildman–Crippen LogP) is 8.09. The zero-order chi connectivity index (χ0) is 33.3. The SMILES string of the molecule is C[S+](c1ccccc1)c1ccccc1.Cc1cc(C)c(C(=O)P(=O)(c2ccccc2)c2ccccc2)c(C)c1.FP(F)(F)(F)F.[F-]. The van der Waals surface area contributed by atoms with Gasteiger partial charge in [-0.25, -0.2) is 0 Å². The molecule has 0 saturated heterocycles. The summed E-state index contributed by atoms with van der Waals surface area (Å²) in [6, 6.07) is 43.4. The first-order chi connectivity index (χ1) is 21.1. The van der Waals surface area contributed by atoms with Gasteiger partial charge in [-0.1, -0.05) is 115 Å². The van der Waals surface area contributed by atoms with Crippen LogP contribution in [-0.2, 0) is 15.5 Å². The van der Waals surface area contributed by atoms with Gasteiger partial charge in [0.15, 0.2) is 9.79 Å². The zero-order valence-electron chi connectivity index (χ0n) is 25.6. The van der Waals surface area contributed by atoms with Gasteiger partial charge in [-0.3, -0.25) is 4.79 Å². The van der Waals surface area contributed by atoms with Gasteiger partial charge in [0, 0.05) is 16.2 Å². The van der Waals surface area contributed by atoms with Crippen molar-refractivity contribution in [1.29, 1.82) is 0 Å². The van der Waals surface area contributed by atoms with Gasteiger partial charge in [0.05, 0.1) is 10.9 Å². The fourth-order valence-electron chi connectivity index (χ4n) is 4.72. The van der Waals surface area contributed by atoms with Crippen LogP contribution < -0.4 is 15.3 Å². The molecule has 0 radical (unpaired) electrons. The van der Waals surface area contributed by atoms with Crippen LogP contribution in [0.4, 0.5) is 21.0 Å². The molecule has 0 aliphatic heterocycles. The van der Waals surface area contributed by atoms with Crippen molar-refractivity contribution in [2.24, 2.45) is 0 Å². The van der Waals surface area contributed by atoms with Gasteiger partial charge in [0.2, 0.25) is 12.7 Å². The Balaban J connectivity index is 0.000000294. The summed E-state index contributed by atoms with van der Waals surface area (Å²) in [5.41, 5.74) is 3.12. The van der Waals surface area contributed by atoms with E-state index in [1.807, 2.05) is 69.3 Å². The summed E-state index contributed by atoms with van der Waals surface area (Å²) in [5.74, 6) is 0. The number of carbonyl (C=O) groups is 1. The van der Waals surface area contributed by atoms with E-state index in [4.69, 9.17) is 0 Å². The number of rotatable bonds is 6. The van der Waals surface area contributed by atoms with E-state index in [1.165, 1.54) is 9.79 Å². The maximum atomic E-state index is 14.2. The molecule has 5 aromatic rings. The van der Waals surface area contributed by atoms with Crippen LogP contribution >= 0.6 is 15.3 Å². The second kappa shape index (κ2) is 16.3. The van der Waals surface area contributed by atoms with E-state index < -0.39 is 15.3 Å². The second-order valence-electron chi connectivity index (χ2n) is 10.1. The minimum atomic E-state index is -8.55. The molecule has 0 aliphatic carbocycles. The zero-order valence-corrected chi connectivity index (χ0v) is 28.2. The number of hydrogen-bond acceptors (Lipinski definition) is 2. The summed E-state index contributed by atoms with van der Waals surface area (Å²) >= 11 is 0. The Labute approximate surface area is 269 Å². The van der Waals surface area contributed by atoms with Crippen LogP contribution in [-0.4, -0.2) is 11.8 Å². The van der Waals surface area contributed by atoms with Gasteiger partial charge in [0.25, 0.3) is 0 Å². The molecule has 0 spiro atoms. The van der Waals surface area contributed by atoms with E-state index in [9.17, 15) is 30.3 Å². The van der Waals surface area contributed by atoms with Crippen LogP contribution in [0.25, 0.3) is 0 Å². The van der Waals surface area contributed by atoms with Gasteiger partial charge in [0.1, 0.15) is 6.26 Å². The average Bonchev–Trinajstić information content (AvgIpc) is 3.00. The molecule has 5 rings (SSSR count). The molecule has 0 bridgehead atoms. The molecule has 5 aromatic carbocycles. The second-order valence-corrected chi connectivity index (χ2v) is 16.0. The van der Waals surface area contributed by atoms with Crippen molar-refractivity contribution in [3.8, 4) is 0 Å². The monoisotopic (exact) mass is 694 g/mol. The van der Waals surface area contributed by atoms with Crippen molar-refractivity contribution in [3.63, 3.8) is 0 Å². The van der Waals surface area contributed by atoms with Crippen molar-refractivity contribution in [2.45, 2.75) is 30.6 Å². The van der Waals surface area contributed by atoms with Crippen LogP contribution in [0.3, 0.4) is 0 Å². The maximum absolute atomic E-state index is 14.2. The number of benzene rings is 5. The summed E-state index contributed by atoms with van der Waals surface area (Å²) in [4.78, 5) is 16.4. The molecule has 46 heavy (non-hydrogen) atoms. The van der Waals surface area contributed by atoms with Crippen molar-refractivity contribution in [2.75, 3.05) is 6.26 Å². The average molecular weight is 695 g/mol. The van der Waals surface area contributed by atoms with Crippen LogP contribution in [0.5, 0.6) is 0 Å². The molecule has 0 heterocycles. The molecule has 0 unspecified atom stereocenters. The Kier molecular flexibility index (Phi) is 13.6. The van der Waals surface area contributed by atoms with E-state index in [2.05, 4.69) is 66.9 Å². The summed E-state index contributed by atoms with van der Waals surface area (Å²) < 4.78 is 63.4. The van der Waals surface area contributed by atoms with Crippen molar-refractivity contribution >= 4 is 42.3 Å². The molecule has 0 aliphatic rings. The third-order valence-electron chi connectivity index (χ3n) is 6.61. The first kappa shape index (κ1) is 38.5. The predicted molar refractivity (Wildman–Crippen MR) is 180 cm³/mol. The van der Waals surface area contributed by atoms with Crippen LogP contribution in [0.15, 0.2) is 143 Å². The van der Waals surface area contributed by atoms with Crippen molar-refractivity contribution in [1.82, 2.24) is 0 Å². The normalized spacial score (nSPS) is 11.8. The fraction of sp³-hybridized carbons (Fsp3) is 0.114. The van der Waals surface area contributed by atoms with Crippen LogP contribution in [0, 0.1) is 20.8 Å². The van der Waals surface area contributed by atoms with E-state index >= 15 is 0 Å². The van der Waals surface area contributed by atoms with Crippen LogP contribution in [0.1, 0.15) is 27.0 Å². The Morgan fingerprint density at radius 3 is 1.17 bits per heavy atom. The molecule has 0 atom stereocenters. The van der Waals surface area contributed by atoms with Gasteiger partial charge >= 0.3 is 29.1 Å². The molecule has 11 heteroatoms. The van der Waals surface area contributed by atoms with E-state index in [1.54, 1.807) is 24.3 Å². The first-order valence-corrected chi connectivity index (χ1v) is 18.8. The number of carbonyl (C=O) groups excluding carboxylic acids is 1. The van der Waals surface area contributed by atoms with Crippen molar-refractivity contribution < 1.29 is 35.0 Å². The number of halogens is 6. The molecule has 2 nitrogen and oxygen atoms in total. The van der Waals surface area contributed by atoms with Gasteiger partial charge in [-0.15, -0.1) is 0 Å². The largest absolute Gasteiger partial charge is 1.00 e. The standard InChI is InChI=1S/C22H21O2P.C13H13S.F5P.FH/c1-16-14-17(2)21(18(3)15-16)22(23)25(24,19-10-6-4-7-11-19)20-12-8-5-9-13-20;1-14(12-8-4-2-5-9-12)13-10-6-3-7-11-13;1-6(2,3,4)5;/h4-15H,1-3H3;2-11H,1H3;;1H/q;+1;;/p-1. The summed E-state index contributed by atoms with van der Waals surface area (Å²) in [6.07, 6.45) is 2.27. The van der Waals surface area contributed by atoms with Gasteiger partial charge in [-0.2, -0.15) is 0 Å². The molecule has 0 N–H and O–H groups in total. The molecule has 0 fully saturated rings. The number of aryl methyl sites for hydroxylation is 3. The van der Waals surface area contributed by atoms with E-state index in [-0.39, 0.29) is 21.1 Å². The van der Waals surface area contributed by atoms with Crippen molar-refractivity contribution in [3.05, 3.63) is 156 Å². The Morgan fingerprint density at radius 2 is 0.870 bits per heavy atom. The van der Waals surface area contributed by atoms with E-state index in [0.29, 0.717) is 16.2 Å². The third kappa shape index (κ3) is 11.3. The summed E-state index contributed by atoms with van der Waals surface area (Å²) in [5, 5.41) is 1.15. The van der Waals surface area contributed by atoms with Gasteiger partial charge in [-0.05, 0) is 56.2 Å². The number of hydrogen-bond donors (Lipinski definition) is 0. The summed E-state index contributed by atoms with van der Waals surface area (Å²) in [7, 11) is -11.8. The van der Waals surface area contributed by atoms with E-state index in [0.717, 1.165) is 16.7 Å². The minimum absolute atomic E-state index is 0. The topological polar surface area (TPSA) is 34.1 Å². The van der Waals surface area contributed by atoms with Crippen LogP contribution in [0.2, 0.25) is 0 Å². The molecule has 244 valence electrons. The fourth-order valence-corrected chi connectivity index (χ4v) is 8.74. The smallest absolute Gasteiger partial charge is 1.00 e. The van der Waals surface area contributed by atoms with Gasteiger partial charge < -0.3 is 9.27 Å². The molecule has 0 aromatic heterocycles. The molecule has 0 saturated carbocycles. The Bertz CT molecular complexity index is 1630. The quantitative estimate of drug-likeness (QED) is 0.102. The molecular weight excluding hydrogens is 660 g/mol. The first-order valence-electron chi connectivity index (χ1n) is 13.8. The molecular formula is C35H34F6O2P2S. The Hall–Kier alpha value is -3.64. The maximum Gasteiger partial charge on any atom is -1.00 e. The third-order valence-corrected chi connectivity index (χ3v) is 11.4. The Morgan fingerprint density at radius 1 is 0.587 bits per heavy atom. The summed E-state index contributed by atoms with van der Waals surface area (Å²) in [6.45, 7) is 5.82.